The zero-order valence-corrected chi connectivity index (χ0v) is 10.8. The lowest BCUT2D eigenvalue weighted by Crippen LogP contribution is -2.05. The van der Waals surface area contributed by atoms with Crippen LogP contribution in [0.3, 0.4) is 0 Å². The van der Waals surface area contributed by atoms with Gasteiger partial charge in [0.15, 0.2) is 0 Å². The molecule has 4 nitrogen and oxygen atoms in total. The van der Waals surface area contributed by atoms with Gasteiger partial charge in [-0.05, 0) is 34.8 Å². The second-order valence-corrected chi connectivity index (χ2v) is 4.96. The summed E-state index contributed by atoms with van der Waals surface area (Å²) >= 11 is 3.49. The summed E-state index contributed by atoms with van der Waals surface area (Å²) in [6, 6.07) is 5.94. The van der Waals surface area contributed by atoms with Gasteiger partial charge in [-0.2, -0.15) is 0 Å². The lowest BCUT2D eigenvalue weighted by molar-refractivity contribution is 0.110. The highest BCUT2D eigenvalue weighted by Gasteiger charge is 2.22. The monoisotopic (exact) mass is 293 g/mol. The number of nitrogen functional groups attached to an aromatic ring is 1. The van der Waals surface area contributed by atoms with Crippen LogP contribution in [0.5, 0.6) is 0 Å². The Hall–Kier alpha value is -1.20. The standard InChI is InChI=1S/C12H12BrN3O/c13-8-4-1-3-7-10(8)15-12(14)16-11(7)9-5-2-6-17-9/h1,3-4,9H,2,5-6H2,(H2,14,15,16). The molecule has 5 heteroatoms. The van der Waals surface area contributed by atoms with Crippen molar-refractivity contribution in [3.63, 3.8) is 0 Å². The van der Waals surface area contributed by atoms with E-state index in [0.29, 0.717) is 5.95 Å². The number of nitrogens with two attached hydrogens (primary N) is 1. The molecule has 17 heavy (non-hydrogen) atoms. The summed E-state index contributed by atoms with van der Waals surface area (Å²) < 4.78 is 6.61. The fourth-order valence-electron chi connectivity index (χ4n) is 2.20. The van der Waals surface area contributed by atoms with Gasteiger partial charge in [0.05, 0.1) is 11.2 Å². The fourth-order valence-corrected chi connectivity index (χ4v) is 2.65. The molecular weight excluding hydrogens is 282 g/mol. The molecule has 1 aromatic carbocycles. The zero-order chi connectivity index (χ0) is 11.8. The van der Waals surface area contributed by atoms with Crippen LogP contribution in [0.15, 0.2) is 22.7 Å². The van der Waals surface area contributed by atoms with Crippen LogP contribution < -0.4 is 5.73 Å². The van der Waals surface area contributed by atoms with Crippen LogP contribution in [0.2, 0.25) is 0 Å². The van der Waals surface area contributed by atoms with Crippen molar-refractivity contribution in [2.24, 2.45) is 0 Å². The summed E-state index contributed by atoms with van der Waals surface area (Å²) in [5, 5.41) is 1.01. The number of fused-ring (bicyclic) bond motifs is 1. The molecule has 3 rings (SSSR count). The second kappa shape index (κ2) is 4.23. The first-order chi connectivity index (χ1) is 8.25. The highest BCUT2D eigenvalue weighted by molar-refractivity contribution is 9.10. The van der Waals surface area contributed by atoms with Gasteiger partial charge < -0.3 is 10.5 Å². The van der Waals surface area contributed by atoms with Gasteiger partial charge in [0.2, 0.25) is 5.95 Å². The Bertz CT molecular complexity index is 567. The number of benzene rings is 1. The number of nitrogens with zero attached hydrogens (tertiary/aromatic N) is 2. The number of rotatable bonds is 1. The van der Waals surface area contributed by atoms with Crippen LogP contribution in [-0.2, 0) is 4.74 Å². The van der Waals surface area contributed by atoms with Gasteiger partial charge in [0.25, 0.3) is 0 Å². The minimum absolute atomic E-state index is 0.0529. The predicted octanol–water partition coefficient (Wildman–Crippen LogP) is 2.83. The zero-order valence-electron chi connectivity index (χ0n) is 9.19. The van der Waals surface area contributed by atoms with Crippen molar-refractivity contribution in [1.82, 2.24) is 9.97 Å². The van der Waals surface area contributed by atoms with Crippen molar-refractivity contribution in [1.29, 1.82) is 0 Å². The number of para-hydroxylation sites is 1. The summed E-state index contributed by atoms with van der Waals surface area (Å²) in [7, 11) is 0. The van der Waals surface area contributed by atoms with Crippen LogP contribution in [0.25, 0.3) is 10.9 Å². The maximum absolute atomic E-state index is 5.76. The second-order valence-electron chi connectivity index (χ2n) is 4.10. The number of ether oxygens (including phenoxy) is 1. The molecule has 0 saturated carbocycles. The highest BCUT2D eigenvalue weighted by atomic mass is 79.9. The molecule has 1 unspecified atom stereocenters. The Morgan fingerprint density at radius 2 is 2.24 bits per heavy atom. The first kappa shape index (κ1) is 10.9. The summed E-state index contributed by atoms with van der Waals surface area (Å²) in [5.41, 5.74) is 7.52. The molecule has 1 aliphatic heterocycles. The number of hydrogen-bond acceptors (Lipinski definition) is 4. The van der Waals surface area contributed by atoms with E-state index < -0.39 is 0 Å². The smallest absolute Gasteiger partial charge is 0.220 e. The maximum atomic E-state index is 5.76. The fraction of sp³-hybridized carbons (Fsp3) is 0.333. The van der Waals surface area contributed by atoms with E-state index >= 15 is 0 Å². The van der Waals surface area contributed by atoms with Crippen molar-refractivity contribution >= 4 is 32.8 Å². The maximum Gasteiger partial charge on any atom is 0.220 e. The van der Waals surface area contributed by atoms with Crippen LogP contribution in [0.4, 0.5) is 5.95 Å². The molecule has 0 amide bonds. The molecule has 2 aromatic rings. The molecule has 1 atom stereocenters. The third kappa shape index (κ3) is 1.89. The lowest BCUT2D eigenvalue weighted by Gasteiger charge is -2.12. The molecule has 1 aliphatic rings. The number of aromatic nitrogens is 2. The van der Waals surface area contributed by atoms with E-state index in [1.54, 1.807) is 0 Å². The topological polar surface area (TPSA) is 61.0 Å². The van der Waals surface area contributed by atoms with Crippen LogP contribution in [0, 0.1) is 0 Å². The van der Waals surface area contributed by atoms with E-state index in [2.05, 4.69) is 25.9 Å². The van der Waals surface area contributed by atoms with Crippen molar-refractivity contribution in [3.8, 4) is 0 Å². The number of halogens is 1. The number of hydrogen-bond donors (Lipinski definition) is 1. The molecule has 0 bridgehead atoms. The van der Waals surface area contributed by atoms with Crippen molar-refractivity contribution in [2.75, 3.05) is 12.3 Å². The quantitative estimate of drug-likeness (QED) is 0.878. The largest absolute Gasteiger partial charge is 0.372 e. The Morgan fingerprint density at radius 3 is 3.00 bits per heavy atom. The molecule has 2 N–H and O–H groups in total. The van der Waals surface area contributed by atoms with E-state index in [-0.39, 0.29) is 6.10 Å². The van der Waals surface area contributed by atoms with Crippen molar-refractivity contribution in [3.05, 3.63) is 28.4 Å². The van der Waals surface area contributed by atoms with Crippen molar-refractivity contribution in [2.45, 2.75) is 18.9 Å². The lowest BCUT2D eigenvalue weighted by atomic mass is 10.1. The third-order valence-corrected chi connectivity index (χ3v) is 3.60. The van der Waals surface area contributed by atoms with Gasteiger partial charge in [-0.25, -0.2) is 9.97 Å². The highest BCUT2D eigenvalue weighted by Crippen LogP contribution is 2.33. The summed E-state index contributed by atoms with van der Waals surface area (Å²) in [5.74, 6) is 0.301. The summed E-state index contributed by atoms with van der Waals surface area (Å²) in [6.07, 6.45) is 2.12. The molecular formula is C12H12BrN3O. The molecule has 2 heterocycles. The van der Waals surface area contributed by atoms with Gasteiger partial charge in [-0.15, -0.1) is 0 Å². The van der Waals surface area contributed by atoms with Gasteiger partial charge in [0, 0.05) is 16.5 Å². The summed E-state index contributed by atoms with van der Waals surface area (Å²) in [4.78, 5) is 8.62. The molecule has 1 aromatic heterocycles. The minimum atomic E-state index is 0.0529. The normalized spacial score (nSPS) is 19.9. The molecule has 0 spiro atoms. The van der Waals surface area contributed by atoms with E-state index in [1.807, 2.05) is 18.2 Å². The van der Waals surface area contributed by atoms with Gasteiger partial charge in [-0.3, -0.25) is 0 Å². The molecule has 88 valence electrons. The Labute approximate surface area is 107 Å². The molecule has 0 aliphatic carbocycles. The average molecular weight is 294 g/mol. The van der Waals surface area contributed by atoms with E-state index in [9.17, 15) is 0 Å². The van der Waals surface area contributed by atoms with E-state index in [4.69, 9.17) is 10.5 Å². The molecule has 1 fully saturated rings. The van der Waals surface area contributed by atoms with Gasteiger partial charge in [0.1, 0.15) is 6.10 Å². The van der Waals surface area contributed by atoms with Crippen LogP contribution >= 0.6 is 15.9 Å². The summed E-state index contributed by atoms with van der Waals surface area (Å²) in [6.45, 7) is 0.796. The SMILES string of the molecule is Nc1nc(C2CCCO2)c2cccc(Br)c2n1. The first-order valence-corrected chi connectivity index (χ1v) is 6.38. The Balaban J connectivity index is 2.25. The minimum Gasteiger partial charge on any atom is -0.372 e. The van der Waals surface area contributed by atoms with Gasteiger partial charge >= 0.3 is 0 Å². The Morgan fingerprint density at radius 1 is 1.35 bits per heavy atom. The molecule has 0 radical (unpaired) electrons. The van der Waals surface area contributed by atoms with Crippen LogP contribution in [-0.4, -0.2) is 16.6 Å². The van der Waals surface area contributed by atoms with Crippen molar-refractivity contribution < 1.29 is 4.74 Å². The van der Waals surface area contributed by atoms with Crippen LogP contribution in [0.1, 0.15) is 24.6 Å². The van der Waals surface area contributed by atoms with E-state index in [1.165, 1.54) is 0 Å². The number of anilines is 1. The predicted molar refractivity (Wildman–Crippen MR) is 69.6 cm³/mol. The Kier molecular flexibility index (Phi) is 2.72. The van der Waals surface area contributed by atoms with E-state index in [0.717, 1.165) is 40.5 Å². The average Bonchev–Trinajstić information content (AvgIpc) is 2.83. The third-order valence-electron chi connectivity index (χ3n) is 2.96. The van der Waals surface area contributed by atoms with Gasteiger partial charge in [-0.1, -0.05) is 12.1 Å². The molecule has 1 saturated heterocycles. The first-order valence-electron chi connectivity index (χ1n) is 5.59.